The number of hydrazone groups is 1. The van der Waals surface area contributed by atoms with Crippen LogP contribution < -0.4 is 14.9 Å². The Labute approximate surface area is 166 Å². The number of benzene rings is 2. The fourth-order valence-electron chi connectivity index (χ4n) is 3.50. The van der Waals surface area contributed by atoms with E-state index >= 15 is 0 Å². The minimum Gasteiger partial charge on any atom is -0.497 e. The Balaban J connectivity index is 1.49. The largest absolute Gasteiger partial charge is 0.497 e. The van der Waals surface area contributed by atoms with Gasteiger partial charge < -0.3 is 9.47 Å². The van der Waals surface area contributed by atoms with E-state index in [1.165, 1.54) is 37.7 Å². The van der Waals surface area contributed by atoms with Gasteiger partial charge in [0.05, 0.1) is 12.8 Å². The Morgan fingerprint density at radius 1 is 1.00 bits per heavy atom. The third-order valence-corrected chi connectivity index (χ3v) is 5.18. The van der Waals surface area contributed by atoms with Crippen molar-refractivity contribution in [1.82, 2.24) is 5.43 Å². The molecule has 1 saturated carbocycles. The van der Waals surface area contributed by atoms with Crippen LogP contribution in [-0.4, -0.2) is 25.3 Å². The van der Waals surface area contributed by atoms with Crippen LogP contribution in [-0.2, 0) is 4.79 Å². The van der Waals surface area contributed by atoms with Crippen LogP contribution in [0.25, 0.3) is 0 Å². The number of hydrogen-bond acceptors (Lipinski definition) is 4. The fourth-order valence-corrected chi connectivity index (χ4v) is 3.50. The van der Waals surface area contributed by atoms with Crippen LogP contribution in [0.3, 0.4) is 0 Å². The van der Waals surface area contributed by atoms with Gasteiger partial charge in [-0.05, 0) is 61.1 Å². The molecular weight excluding hydrogens is 352 g/mol. The molecule has 28 heavy (non-hydrogen) atoms. The van der Waals surface area contributed by atoms with Crippen molar-refractivity contribution in [1.29, 1.82) is 0 Å². The maximum absolute atomic E-state index is 12.0. The van der Waals surface area contributed by atoms with Gasteiger partial charge in [0, 0.05) is 0 Å². The van der Waals surface area contributed by atoms with Gasteiger partial charge in [-0.25, -0.2) is 5.43 Å². The topological polar surface area (TPSA) is 59.9 Å². The molecule has 0 unspecified atom stereocenters. The van der Waals surface area contributed by atoms with Crippen molar-refractivity contribution in [3.63, 3.8) is 0 Å². The Bertz CT molecular complexity index is 792. The zero-order valence-corrected chi connectivity index (χ0v) is 16.6. The van der Waals surface area contributed by atoms with Crippen LogP contribution in [0.4, 0.5) is 0 Å². The summed E-state index contributed by atoms with van der Waals surface area (Å²) >= 11 is 0. The number of carbonyl (C=O) groups excluding carboxylic acids is 1. The lowest BCUT2D eigenvalue weighted by atomic mass is 9.84. The molecule has 2 aromatic rings. The molecule has 2 aromatic carbocycles. The van der Waals surface area contributed by atoms with E-state index in [1.807, 2.05) is 6.92 Å². The monoisotopic (exact) mass is 380 g/mol. The van der Waals surface area contributed by atoms with Gasteiger partial charge in [0.2, 0.25) is 0 Å². The maximum atomic E-state index is 12.0. The number of methoxy groups -OCH3 is 1. The Hall–Kier alpha value is -2.82. The van der Waals surface area contributed by atoms with Gasteiger partial charge in [-0.3, -0.25) is 4.79 Å². The Morgan fingerprint density at radius 2 is 1.64 bits per heavy atom. The second kappa shape index (κ2) is 9.93. The number of hydrogen-bond donors (Lipinski definition) is 1. The summed E-state index contributed by atoms with van der Waals surface area (Å²) in [5.74, 6) is 1.74. The lowest BCUT2D eigenvalue weighted by Gasteiger charge is -2.22. The summed E-state index contributed by atoms with van der Waals surface area (Å²) in [4.78, 5) is 12.0. The first-order chi connectivity index (χ1) is 13.7. The van der Waals surface area contributed by atoms with Crippen molar-refractivity contribution in [2.24, 2.45) is 5.10 Å². The van der Waals surface area contributed by atoms with Gasteiger partial charge in [0.1, 0.15) is 11.5 Å². The molecule has 0 spiro atoms. The van der Waals surface area contributed by atoms with Gasteiger partial charge >= 0.3 is 0 Å². The molecule has 5 nitrogen and oxygen atoms in total. The lowest BCUT2D eigenvalue weighted by molar-refractivity contribution is -0.123. The Morgan fingerprint density at radius 3 is 2.29 bits per heavy atom. The molecule has 1 fully saturated rings. The molecule has 0 aliphatic heterocycles. The van der Waals surface area contributed by atoms with Crippen LogP contribution in [0.15, 0.2) is 53.6 Å². The first-order valence-corrected chi connectivity index (χ1v) is 9.86. The first kappa shape index (κ1) is 19.9. The van der Waals surface area contributed by atoms with E-state index in [9.17, 15) is 4.79 Å². The summed E-state index contributed by atoms with van der Waals surface area (Å²) in [6.07, 6.45) is 6.60. The van der Waals surface area contributed by atoms with E-state index in [4.69, 9.17) is 9.47 Å². The second-order valence-corrected chi connectivity index (χ2v) is 7.15. The number of ether oxygens (including phenoxy) is 2. The van der Waals surface area contributed by atoms with E-state index in [-0.39, 0.29) is 12.5 Å². The second-order valence-electron chi connectivity index (χ2n) is 7.15. The van der Waals surface area contributed by atoms with Crippen molar-refractivity contribution in [2.45, 2.75) is 44.9 Å². The molecule has 148 valence electrons. The molecule has 0 bridgehead atoms. The number of nitrogens with zero attached hydrogens (tertiary/aromatic N) is 1. The molecule has 1 N–H and O–H groups in total. The molecule has 0 saturated heterocycles. The van der Waals surface area contributed by atoms with Crippen LogP contribution in [0.5, 0.6) is 11.5 Å². The highest BCUT2D eigenvalue weighted by atomic mass is 16.5. The molecule has 5 heteroatoms. The summed E-state index contributed by atoms with van der Waals surface area (Å²) < 4.78 is 10.5. The standard InChI is InChI=1S/C23H28N2O3/c1-17(18-8-10-20(11-9-18)19-6-4-3-5-7-19)24-25-23(26)16-28-22-14-12-21(27-2)13-15-22/h8-15,19H,3-7,16H2,1-2H3,(H,25,26). The third-order valence-electron chi connectivity index (χ3n) is 5.18. The predicted octanol–water partition coefficient (Wildman–Crippen LogP) is 4.66. The molecular formula is C23H28N2O3. The highest BCUT2D eigenvalue weighted by molar-refractivity contribution is 5.99. The predicted molar refractivity (Wildman–Crippen MR) is 111 cm³/mol. The summed E-state index contributed by atoms with van der Waals surface area (Å²) in [6.45, 7) is 1.80. The smallest absolute Gasteiger partial charge is 0.277 e. The Kier molecular flexibility index (Phi) is 7.06. The van der Waals surface area contributed by atoms with Crippen molar-refractivity contribution in [2.75, 3.05) is 13.7 Å². The van der Waals surface area contributed by atoms with E-state index in [0.29, 0.717) is 11.7 Å². The SMILES string of the molecule is COc1ccc(OCC(=O)NN=C(C)c2ccc(C3CCCCC3)cc2)cc1. The number of amides is 1. The average molecular weight is 380 g/mol. The van der Waals surface area contributed by atoms with Gasteiger partial charge in [0.25, 0.3) is 5.91 Å². The summed E-state index contributed by atoms with van der Waals surface area (Å²) in [7, 11) is 1.60. The van der Waals surface area contributed by atoms with Gasteiger partial charge in [-0.15, -0.1) is 0 Å². The van der Waals surface area contributed by atoms with Crippen LogP contribution in [0.1, 0.15) is 56.1 Å². The van der Waals surface area contributed by atoms with Crippen LogP contribution >= 0.6 is 0 Å². The molecule has 0 atom stereocenters. The van der Waals surface area contributed by atoms with Gasteiger partial charge in [-0.1, -0.05) is 43.5 Å². The van der Waals surface area contributed by atoms with Gasteiger partial charge in [-0.2, -0.15) is 5.10 Å². The first-order valence-electron chi connectivity index (χ1n) is 9.86. The minimum absolute atomic E-state index is 0.0935. The number of nitrogens with one attached hydrogen (secondary N) is 1. The third kappa shape index (κ3) is 5.59. The molecule has 0 radical (unpaired) electrons. The highest BCUT2D eigenvalue weighted by Crippen LogP contribution is 2.32. The van der Waals surface area contributed by atoms with E-state index in [1.54, 1.807) is 31.4 Å². The van der Waals surface area contributed by atoms with Crippen LogP contribution in [0.2, 0.25) is 0 Å². The molecule has 1 aliphatic carbocycles. The zero-order chi connectivity index (χ0) is 19.8. The molecule has 1 aliphatic rings. The minimum atomic E-state index is -0.297. The molecule has 1 amide bonds. The zero-order valence-electron chi connectivity index (χ0n) is 16.6. The maximum Gasteiger partial charge on any atom is 0.277 e. The van der Waals surface area contributed by atoms with Crippen molar-refractivity contribution < 1.29 is 14.3 Å². The van der Waals surface area contributed by atoms with Crippen molar-refractivity contribution in [3.05, 3.63) is 59.7 Å². The highest BCUT2D eigenvalue weighted by Gasteiger charge is 2.15. The normalized spacial score (nSPS) is 15.1. The van der Waals surface area contributed by atoms with Gasteiger partial charge in [0.15, 0.2) is 6.61 Å². The number of rotatable bonds is 7. The quantitative estimate of drug-likeness (QED) is 0.561. The van der Waals surface area contributed by atoms with Crippen LogP contribution in [0, 0.1) is 0 Å². The van der Waals surface area contributed by atoms with E-state index in [0.717, 1.165) is 17.0 Å². The van der Waals surface area contributed by atoms with E-state index in [2.05, 4.69) is 34.8 Å². The fraction of sp³-hybridized carbons (Fsp3) is 0.391. The lowest BCUT2D eigenvalue weighted by Crippen LogP contribution is -2.25. The van der Waals surface area contributed by atoms with Crippen molar-refractivity contribution in [3.8, 4) is 11.5 Å². The van der Waals surface area contributed by atoms with Crippen molar-refractivity contribution >= 4 is 11.6 Å². The summed E-state index contributed by atoms with van der Waals surface area (Å²) in [5.41, 5.74) is 5.74. The average Bonchev–Trinajstić information content (AvgIpc) is 2.77. The summed E-state index contributed by atoms with van der Waals surface area (Å²) in [6, 6.07) is 15.6. The molecule has 3 rings (SSSR count). The van der Waals surface area contributed by atoms with E-state index < -0.39 is 0 Å². The molecule has 0 aromatic heterocycles. The molecule has 0 heterocycles. The summed E-state index contributed by atoms with van der Waals surface area (Å²) in [5, 5.41) is 4.19. The number of carbonyl (C=O) groups is 1.